The zero-order valence-electron chi connectivity index (χ0n) is 11.5. The number of Topliss-reactive ketones (excluding diaryl/α,β-unsaturated/α-hetero) is 1. The lowest BCUT2D eigenvalue weighted by Crippen LogP contribution is -2.36. The van der Waals surface area contributed by atoms with E-state index in [9.17, 15) is 9.18 Å². The summed E-state index contributed by atoms with van der Waals surface area (Å²) in [6.45, 7) is 5.72. The molecule has 0 fully saturated rings. The van der Waals surface area contributed by atoms with Gasteiger partial charge in [-0.05, 0) is 17.5 Å². The summed E-state index contributed by atoms with van der Waals surface area (Å²) in [7, 11) is 1.48. The Kier molecular flexibility index (Phi) is 3.45. The van der Waals surface area contributed by atoms with E-state index in [4.69, 9.17) is 9.15 Å². The van der Waals surface area contributed by atoms with E-state index in [1.165, 1.54) is 13.2 Å². The minimum absolute atomic E-state index is 0.106. The van der Waals surface area contributed by atoms with Crippen LogP contribution in [0.2, 0.25) is 0 Å². The number of hydrogen-bond donors (Lipinski definition) is 0. The predicted molar refractivity (Wildman–Crippen MR) is 70.8 cm³/mol. The Morgan fingerprint density at radius 1 is 1.37 bits per heavy atom. The predicted octanol–water partition coefficient (Wildman–Crippen LogP) is 3.82. The first-order chi connectivity index (χ1) is 8.84. The monoisotopic (exact) mass is 264 g/mol. The van der Waals surface area contributed by atoms with Crippen molar-refractivity contribution in [3.05, 3.63) is 35.8 Å². The van der Waals surface area contributed by atoms with Gasteiger partial charge >= 0.3 is 0 Å². The summed E-state index contributed by atoms with van der Waals surface area (Å²) in [6.07, 6.45) is -0.629. The van der Waals surface area contributed by atoms with Crippen molar-refractivity contribution in [3.8, 4) is 0 Å². The summed E-state index contributed by atoms with van der Waals surface area (Å²) in [5.74, 6) is -0.617. The molecule has 3 nitrogen and oxygen atoms in total. The molecular formula is C15H17FO3. The highest BCUT2D eigenvalue weighted by Gasteiger charge is 2.33. The molecule has 1 atom stereocenters. The largest absolute Gasteiger partial charge is 0.450 e. The highest BCUT2D eigenvalue weighted by Crippen LogP contribution is 2.28. The fraction of sp³-hybridized carbons (Fsp3) is 0.400. The second-order valence-corrected chi connectivity index (χ2v) is 5.61. The van der Waals surface area contributed by atoms with E-state index in [0.29, 0.717) is 5.39 Å². The fourth-order valence-electron chi connectivity index (χ4n) is 2.13. The average molecular weight is 264 g/mol. The minimum atomic E-state index is -0.629. The molecule has 0 bridgehead atoms. The Hall–Kier alpha value is -1.68. The molecule has 1 unspecified atom stereocenters. The summed E-state index contributed by atoms with van der Waals surface area (Å²) in [4.78, 5) is 12.4. The van der Waals surface area contributed by atoms with Gasteiger partial charge in [-0.25, -0.2) is 4.39 Å². The summed E-state index contributed by atoms with van der Waals surface area (Å²) in [5.41, 5.74) is -0.252. The van der Waals surface area contributed by atoms with E-state index in [1.54, 1.807) is 18.2 Å². The molecule has 0 radical (unpaired) electrons. The molecule has 2 aromatic rings. The summed E-state index contributed by atoms with van der Waals surface area (Å²) in [6, 6.07) is 6.15. The number of carbonyl (C=O) groups excluding carboxylic acids is 1. The first-order valence-electron chi connectivity index (χ1n) is 6.09. The van der Waals surface area contributed by atoms with Crippen LogP contribution in [0.4, 0.5) is 4.39 Å². The van der Waals surface area contributed by atoms with Gasteiger partial charge in [0.05, 0.1) is 0 Å². The SMILES string of the molecule is COC(C(=O)c1cc2cccc(F)c2o1)C(C)(C)C. The summed E-state index contributed by atoms with van der Waals surface area (Å²) in [5, 5.41) is 0.576. The minimum Gasteiger partial charge on any atom is -0.450 e. The molecule has 4 heteroatoms. The molecule has 0 N–H and O–H groups in total. The molecule has 0 spiro atoms. The van der Waals surface area contributed by atoms with Gasteiger partial charge in [-0.2, -0.15) is 0 Å². The molecule has 0 aliphatic rings. The molecule has 0 aliphatic carbocycles. The molecule has 0 saturated carbocycles. The third-order valence-electron chi connectivity index (χ3n) is 3.00. The summed E-state index contributed by atoms with van der Waals surface area (Å²) >= 11 is 0. The van der Waals surface area contributed by atoms with Crippen LogP contribution in [0.25, 0.3) is 11.0 Å². The van der Waals surface area contributed by atoms with Crippen molar-refractivity contribution in [2.24, 2.45) is 5.41 Å². The third-order valence-corrected chi connectivity index (χ3v) is 3.00. The number of furan rings is 1. The number of methoxy groups -OCH3 is 1. The van der Waals surface area contributed by atoms with Gasteiger partial charge in [0.2, 0.25) is 5.78 Å². The zero-order chi connectivity index (χ0) is 14.2. The maximum atomic E-state index is 13.5. The van der Waals surface area contributed by atoms with Crippen molar-refractivity contribution in [2.45, 2.75) is 26.9 Å². The zero-order valence-corrected chi connectivity index (χ0v) is 11.5. The van der Waals surface area contributed by atoms with Crippen molar-refractivity contribution in [3.63, 3.8) is 0 Å². The van der Waals surface area contributed by atoms with E-state index in [-0.39, 0.29) is 22.5 Å². The Morgan fingerprint density at radius 3 is 2.58 bits per heavy atom. The number of benzene rings is 1. The Bertz CT molecular complexity index is 607. The van der Waals surface area contributed by atoms with Gasteiger partial charge in [0.15, 0.2) is 17.2 Å². The number of para-hydroxylation sites is 1. The second-order valence-electron chi connectivity index (χ2n) is 5.61. The van der Waals surface area contributed by atoms with E-state index in [1.807, 2.05) is 20.8 Å². The number of halogens is 1. The molecule has 0 aliphatic heterocycles. The van der Waals surface area contributed by atoms with Crippen LogP contribution in [0.5, 0.6) is 0 Å². The molecular weight excluding hydrogens is 247 g/mol. The van der Waals surface area contributed by atoms with Crippen LogP contribution in [-0.2, 0) is 4.74 Å². The topological polar surface area (TPSA) is 39.4 Å². The van der Waals surface area contributed by atoms with Gasteiger partial charge in [0.25, 0.3) is 0 Å². The number of carbonyl (C=O) groups is 1. The van der Waals surface area contributed by atoms with Crippen LogP contribution in [0, 0.1) is 11.2 Å². The average Bonchev–Trinajstić information content (AvgIpc) is 2.73. The van der Waals surface area contributed by atoms with E-state index < -0.39 is 11.9 Å². The smallest absolute Gasteiger partial charge is 0.227 e. The Labute approximate surface area is 111 Å². The van der Waals surface area contributed by atoms with Gasteiger partial charge in [0.1, 0.15) is 6.10 Å². The van der Waals surface area contributed by atoms with Crippen molar-refractivity contribution in [2.75, 3.05) is 7.11 Å². The molecule has 19 heavy (non-hydrogen) atoms. The number of ether oxygens (including phenoxy) is 1. The summed E-state index contributed by atoms with van der Waals surface area (Å²) < 4.78 is 24.1. The standard InChI is InChI=1S/C15H17FO3/c1-15(2,3)14(18-4)12(17)11-8-9-6-5-7-10(16)13(9)19-11/h5-8,14H,1-4H3. The quantitative estimate of drug-likeness (QED) is 0.791. The van der Waals surface area contributed by atoms with Crippen LogP contribution in [0.15, 0.2) is 28.7 Å². The number of hydrogen-bond acceptors (Lipinski definition) is 3. The first-order valence-corrected chi connectivity index (χ1v) is 6.09. The van der Waals surface area contributed by atoms with Gasteiger partial charge in [-0.15, -0.1) is 0 Å². The number of fused-ring (bicyclic) bond motifs is 1. The molecule has 1 heterocycles. The lowest BCUT2D eigenvalue weighted by Gasteiger charge is -2.27. The van der Waals surface area contributed by atoms with Gasteiger partial charge in [-0.3, -0.25) is 4.79 Å². The van der Waals surface area contributed by atoms with E-state index in [2.05, 4.69) is 0 Å². The molecule has 0 amide bonds. The Morgan fingerprint density at radius 2 is 2.05 bits per heavy atom. The van der Waals surface area contributed by atoms with E-state index in [0.717, 1.165) is 0 Å². The van der Waals surface area contributed by atoms with Gasteiger partial charge in [-0.1, -0.05) is 32.9 Å². The lowest BCUT2D eigenvalue weighted by atomic mass is 9.86. The Balaban J connectivity index is 2.44. The van der Waals surface area contributed by atoms with Crippen LogP contribution >= 0.6 is 0 Å². The van der Waals surface area contributed by atoms with Gasteiger partial charge in [0, 0.05) is 12.5 Å². The third kappa shape index (κ3) is 2.54. The van der Waals surface area contributed by atoms with Crippen molar-refractivity contribution in [1.29, 1.82) is 0 Å². The molecule has 1 aromatic heterocycles. The fourth-order valence-corrected chi connectivity index (χ4v) is 2.13. The van der Waals surface area contributed by atoms with Crippen LogP contribution in [0.3, 0.4) is 0 Å². The van der Waals surface area contributed by atoms with Crippen molar-refractivity contribution < 1.29 is 18.3 Å². The van der Waals surface area contributed by atoms with Gasteiger partial charge < -0.3 is 9.15 Å². The molecule has 1 aromatic carbocycles. The normalized spacial score (nSPS) is 13.7. The number of rotatable bonds is 3. The first kappa shape index (κ1) is 13.7. The molecule has 0 saturated heterocycles. The number of ketones is 1. The van der Waals surface area contributed by atoms with Crippen molar-refractivity contribution >= 4 is 16.8 Å². The maximum Gasteiger partial charge on any atom is 0.227 e. The van der Waals surface area contributed by atoms with E-state index >= 15 is 0 Å². The lowest BCUT2D eigenvalue weighted by molar-refractivity contribution is 0.0176. The second kappa shape index (κ2) is 4.78. The maximum absolute atomic E-state index is 13.5. The highest BCUT2D eigenvalue weighted by atomic mass is 19.1. The van der Waals surface area contributed by atoms with Crippen molar-refractivity contribution in [1.82, 2.24) is 0 Å². The van der Waals surface area contributed by atoms with Crippen LogP contribution < -0.4 is 0 Å². The van der Waals surface area contributed by atoms with Crippen LogP contribution in [0.1, 0.15) is 31.3 Å². The molecule has 2 rings (SSSR count). The molecule has 102 valence electrons. The highest BCUT2D eigenvalue weighted by molar-refractivity contribution is 6.00. The van der Waals surface area contributed by atoms with Crippen LogP contribution in [-0.4, -0.2) is 19.0 Å².